The minimum atomic E-state index is -4.54. The normalized spacial score (nSPS) is 13.6. The van der Waals surface area contributed by atoms with Gasteiger partial charge in [-0.15, -0.1) is 0 Å². The smallest absolute Gasteiger partial charge is 0.423 e. The van der Waals surface area contributed by atoms with Crippen LogP contribution in [0, 0.1) is 0 Å². The van der Waals surface area contributed by atoms with Crippen molar-refractivity contribution < 1.29 is 28.0 Å². The standard InChI is InChI=1S/C15H19BF3NO3/c1-13(2,21)14(3,4)23-16(22)11-7-9(15(17,18)19)8-12-10(11)5-6-20-12/h5-8,20-22H,1-4H3. The highest BCUT2D eigenvalue weighted by Gasteiger charge is 2.41. The molecule has 3 N–H and O–H groups in total. The van der Waals surface area contributed by atoms with Gasteiger partial charge in [-0.3, -0.25) is 0 Å². The molecule has 4 nitrogen and oxygen atoms in total. The van der Waals surface area contributed by atoms with E-state index in [4.69, 9.17) is 4.65 Å². The predicted molar refractivity (Wildman–Crippen MR) is 82.4 cm³/mol. The molecule has 0 saturated carbocycles. The van der Waals surface area contributed by atoms with Crippen LogP contribution >= 0.6 is 0 Å². The van der Waals surface area contributed by atoms with Gasteiger partial charge in [-0.2, -0.15) is 13.2 Å². The molecule has 0 aliphatic rings. The quantitative estimate of drug-likeness (QED) is 0.755. The number of aromatic amines is 1. The van der Waals surface area contributed by atoms with Gasteiger partial charge in [0.2, 0.25) is 0 Å². The monoisotopic (exact) mass is 329 g/mol. The molecule has 2 aromatic rings. The maximum absolute atomic E-state index is 13.0. The van der Waals surface area contributed by atoms with Crippen LogP contribution in [0.4, 0.5) is 13.2 Å². The highest BCUT2D eigenvalue weighted by atomic mass is 19.4. The molecule has 0 aliphatic heterocycles. The second-order valence-electron chi connectivity index (χ2n) is 6.54. The lowest BCUT2D eigenvalue weighted by Crippen LogP contribution is -2.53. The minimum Gasteiger partial charge on any atom is -0.423 e. The first-order valence-electron chi connectivity index (χ1n) is 7.09. The lowest BCUT2D eigenvalue weighted by atomic mass is 9.74. The van der Waals surface area contributed by atoms with Crippen molar-refractivity contribution in [1.82, 2.24) is 4.98 Å². The number of hydrogen-bond acceptors (Lipinski definition) is 3. The Morgan fingerprint density at radius 1 is 1.13 bits per heavy atom. The van der Waals surface area contributed by atoms with Gasteiger partial charge in [-0.25, -0.2) is 0 Å². The molecule has 1 aromatic heterocycles. The Labute approximate surface area is 132 Å². The molecule has 0 atom stereocenters. The number of alkyl halides is 3. The van der Waals surface area contributed by atoms with Crippen LogP contribution in [-0.4, -0.2) is 33.4 Å². The number of hydrogen-bond donors (Lipinski definition) is 3. The van der Waals surface area contributed by atoms with Gasteiger partial charge in [0.05, 0.1) is 16.8 Å². The Morgan fingerprint density at radius 2 is 1.74 bits per heavy atom. The van der Waals surface area contributed by atoms with Crippen LogP contribution in [0.3, 0.4) is 0 Å². The molecule has 126 valence electrons. The zero-order valence-electron chi connectivity index (χ0n) is 13.3. The summed E-state index contributed by atoms with van der Waals surface area (Å²) in [6, 6.07) is 3.41. The number of nitrogens with one attached hydrogen (secondary N) is 1. The van der Waals surface area contributed by atoms with Gasteiger partial charge in [0.1, 0.15) is 0 Å². The number of benzene rings is 1. The molecule has 1 aromatic carbocycles. The fourth-order valence-electron chi connectivity index (χ4n) is 2.05. The Morgan fingerprint density at radius 3 is 2.26 bits per heavy atom. The largest absolute Gasteiger partial charge is 0.492 e. The van der Waals surface area contributed by atoms with Gasteiger partial charge < -0.3 is 19.8 Å². The molecule has 1 heterocycles. The molecule has 8 heteroatoms. The van der Waals surface area contributed by atoms with Crippen LogP contribution in [0.2, 0.25) is 0 Å². The lowest BCUT2D eigenvalue weighted by Gasteiger charge is -2.38. The summed E-state index contributed by atoms with van der Waals surface area (Å²) in [6.45, 7) is 6.10. The van der Waals surface area contributed by atoms with E-state index >= 15 is 0 Å². The van der Waals surface area contributed by atoms with Crippen molar-refractivity contribution in [1.29, 1.82) is 0 Å². The SMILES string of the molecule is CC(C)(O)C(C)(C)OB(O)c1cc(C(F)(F)F)cc2[nH]ccc12. The van der Waals surface area contributed by atoms with Gasteiger partial charge in [0, 0.05) is 11.7 Å². The van der Waals surface area contributed by atoms with E-state index in [-0.39, 0.29) is 11.0 Å². The Hall–Kier alpha value is -1.51. The van der Waals surface area contributed by atoms with Crippen LogP contribution in [0.1, 0.15) is 33.3 Å². The van der Waals surface area contributed by atoms with E-state index in [2.05, 4.69) is 4.98 Å². The first kappa shape index (κ1) is 17.8. The van der Waals surface area contributed by atoms with E-state index < -0.39 is 30.1 Å². The number of aliphatic hydroxyl groups is 1. The minimum absolute atomic E-state index is 0.00611. The first-order chi connectivity index (χ1) is 10.3. The zero-order valence-corrected chi connectivity index (χ0v) is 13.3. The average molecular weight is 329 g/mol. The van der Waals surface area contributed by atoms with E-state index in [1.165, 1.54) is 20.0 Å². The van der Waals surface area contributed by atoms with Gasteiger partial charge in [0.15, 0.2) is 0 Å². The fourth-order valence-corrected chi connectivity index (χ4v) is 2.05. The fraction of sp³-hybridized carbons (Fsp3) is 0.467. The molecular formula is C15H19BF3NO3. The summed E-state index contributed by atoms with van der Waals surface area (Å²) >= 11 is 0. The van der Waals surface area contributed by atoms with E-state index in [9.17, 15) is 23.3 Å². The number of H-pyrrole nitrogens is 1. The van der Waals surface area contributed by atoms with E-state index in [0.29, 0.717) is 5.39 Å². The number of halogens is 3. The van der Waals surface area contributed by atoms with Crippen molar-refractivity contribution in [3.8, 4) is 0 Å². The average Bonchev–Trinajstić information content (AvgIpc) is 2.82. The van der Waals surface area contributed by atoms with E-state index in [0.717, 1.165) is 12.1 Å². The van der Waals surface area contributed by atoms with E-state index in [1.807, 2.05) is 0 Å². The van der Waals surface area contributed by atoms with Crippen molar-refractivity contribution in [2.24, 2.45) is 0 Å². The Balaban J connectivity index is 2.48. The Bertz CT molecular complexity index is 704. The highest BCUT2D eigenvalue weighted by molar-refractivity contribution is 6.63. The molecule has 0 spiro atoms. The zero-order chi connectivity index (χ0) is 17.6. The van der Waals surface area contributed by atoms with Crippen LogP contribution < -0.4 is 5.46 Å². The summed E-state index contributed by atoms with van der Waals surface area (Å²) in [5, 5.41) is 20.8. The third-order valence-electron chi connectivity index (χ3n) is 4.17. The molecule has 0 radical (unpaired) electrons. The summed E-state index contributed by atoms with van der Waals surface area (Å²) in [7, 11) is -1.61. The number of fused-ring (bicyclic) bond motifs is 1. The molecular weight excluding hydrogens is 310 g/mol. The van der Waals surface area contributed by atoms with Crippen molar-refractivity contribution >= 4 is 23.5 Å². The maximum atomic E-state index is 13.0. The summed E-state index contributed by atoms with van der Waals surface area (Å²) in [5.41, 5.74) is -3.12. The summed E-state index contributed by atoms with van der Waals surface area (Å²) in [6.07, 6.45) is -3.05. The maximum Gasteiger partial charge on any atom is 0.492 e. The Kier molecular flexibility index (Phi) is 4.30. The third-order valence-corrected chi connectivity index (χ3v) is 4.17. The molecule has 0 unspecified atom stereocenters. The van der Waals surface area contributed by atoms with E-state index in [1.54, 1.807) is 19.9 Å². The molecule has 0 amide bonds. The van der Waals surface area contributed by atoms with Crippen LogP contribution in [-0.2, 0) is 10.8 Å². The van der Waals surface area contributed by atoms with Crippen LogP contribution in [0.15, 0.2) is 24.4 Å². The first-order valence-corrected chi connectivity index (χ1v) is 7.09. The summed E-state index contributed by atoms with van der Waals surface area (Å²) < 4.78 is 44.5. The van der Waals surface area contributed by atoms with Crippen molar-refractivity contribution in [2.45, 2.75) is 45.1 Å². The number of rotatable bonds is 4. The van der Waals surface area contributed by atoms with Gasteiger partial charge in [-0.05, 0) is 56.7 Å². The van der Waals surface area contributed by atoms with Gasteiger partial charge in [0.25, 0.3) is 0 Å². The molecule has 0 bridgehead atoms. The molecule has 0 saturated heterocycles. The van der Waals surface area contributed by atoms with Crippen molar-refractivity contribution in [3.63, 3.8) is 0 Å². The number of aromatic nitrogens is 1. The molecule has 23 heavy (non-hydrogen) atoms. The van der Waals surface area contributed by atoms with Crippen LogP contribution in [0.25, 0.3) is 10.9 Å². The third kappa shape index (κ3) is 3.54. The lowest BCUT2D eigenvalue weighted by molar-refractivity contribution is -0.137. The molecule has 2 rings (SSSR count). The highest BCUT2D eigenvalue weighted by Crippen LogP contribution is 2.31. The van der Waals surface area contributed by atoms with Crippen molar-refractivity contribution in [3.05, 3.63) is 30.0 Å². The van der Waals surface area contributed by atoms with Gasteiger partial charge in [-0.1, -0.05) is 0 Å². The van der Waals surface area contributed by atoms with Crippen LogP contribution in [0.5, 0.6) is 0 Å². The second-order valence-corrected chi connectivity index (χ2v) is 6.54. The van der Waals surface area contributed by atoms with Crippen molar-refractivity contribution in [2.75, 3.05) is 0 Å². The topological polar surface area (TPSA) is 65.5 Å². The summed E-state index contributed by atoms with van der Waals surface area (Å²) in [4.78, 5) is 2.70. The van der Waals surface area contributed by atoms with Gasteiger partial charge >= 0.3 is 13.3 Å². The predicted octanol–water partition coefficient (Wildman–Crippen LogP) is 2.44. The molecule has 0 aliphatic carbocycles. The molecule has 0 fully saturated rings. The second kappa shape index (κ2) is 5.54. The summed E-state index contributed by atoms with van der Waals surface area (Å²) in [5.74, 6) is 0.